The third-order valence-electron chi connectivity index (χ3n) is 3.29. The van der Waals surface area contributed by atoms with E-state index in [4.69, 9.17) is 10.5 Å². The van der Waals surface area contributed by atoms with Crippen LogP contribution in [0.1, 0.15) is 0 Å². The van der Waals surface area contributed by atoms with Crippen LogP contribution in [0.25, 0.3) is 16.6 Å². The molecule has 0 bridgehead atoms. The first-order valence-electron chi connectivity index (χ1n) is 6.30. The molecule has 0 saturated carbocycles. The highest BCUT2D eigenvalue weighted by Crippen LogP contribution is 2.16. The SMILES string of the molecule is COc1ccc(-n2c(=O)[nH]c3cccc(N)c3c2=O)cc1. The molecule has 0 aliphatic rings. The summed E-state index contributed by atoms with van der Waals surface area (Å²) in [6.07, 6.45) is 0. The Morgan fingerprint density at radius 1 is 1.10 bits per heavy atom. The van der Waals surface area contributed by atoms with Gasteiger partial charge in [-0.1, -0.05) is 6.07 Å². The van der Waals surface area contributed by atoms with Crippen LogP contribution >= 0.6 is 0 Å². The molecule has 3 aromatic rings. The zero-order valence-corrected chi connectivity index (χ0v) is 11.3. The van der Waals surface area contributed by atoms with Gasteiger partial charge in [0.25, 0.3) is 5.56 Å². The predicted octanol–water partition coefficient (Wildman–Crippen LogP) is 1.27. The van der Waals surface area contributed by atoms with Crippen LogP contribution in [0.15, 0.2) is 52.1 Å². The third kappa shape index (κ3) is 2.06. The Balaban J connectivity index is 2.34. The van der Waals surface area contributed by atoms with Crippen molar-refractivity contribution >= 4 is 16.6 Å². The molecule has 106 valence electrons. The molecule has 0 aliphatic carbocycles. The minimum absolute atomic E-state index is 0.299. The van der Waals surface area contributed by atoms with Gasteiger partial charge in [-0.05, 0) is 36.4 Å². The Bertz CT molecular complexity index is 924. The van der Waals surface area contributed by atoms with E-state index in [1.807, 2.05) is 0 Å². The van der Waals surface area contributed by atoms with Gasteiger partial charge in [-0.3, -0.25) is 4.79 Å². The van der Waals surface area contributed by atoms with Crippen LogP contribution in [-0.4, -0.2) is 16.7 Å². The second-order valence-corrected chi connectivity index (χ2v) is 4.54. The number of hydrogen-bond acceptors (Lipinski definition) is 4. The quantitative estimate of drug-likeness (QED) is 0.693. The monoisotopic (exact) mass is 283 g/mol. The maximum Gasteiger partial charge on any atom is 0.333 e. The van der Waals surface area contributed by atoms with Gasteiger partial charge in [0.1, 0.15) is 5.75 Å². The highest BCUT2D eigenvalue weighted by atomic mass is 16.5. The molecule has 2 aromatic carbocycles. The molecule has 0 aliphatic heterocycles. The molecule has 3 rings (SSSR count). The maximum absolute atomic E-state index is 12.6. The molecule has 6 nitrogen and oxygen atoms in total. The number of ether oxygens (including phenoxy) is 1. The van der Waals surface area contributed by atoms with E-state index in [0.29, 0.717) is 28.0 Å². The van der Waals surface area contributed by atoms with Gasteiger partial charge in [0.15, 0.2) is 0 Å². The summed E-state index contributed by atoms with van der Waals surface area (Å²) in [7, 11) is 1.55. The van der Waals surface area contributed by atoms with Crippen molar-refractivity contribution in [3.8, 4) is 11.4 Å². The lowest BCUT2D eigenvalue weighted by Gasteiger charge is -2.08. The van der Waals surface area contributed by atoms with Crippen molar-refractivity contribution < 1.29 is 4.74 Å². The topological polar surface area (TPSA) is 90.1 Å². The maximum atomic E-state index is 12.6. The summed E-state index contributed by atoms with van der Waals surface area (Å²) in [4.78, 5) is 27.4. The Kier molecular flexibility index (Phi) is 2.98. The smallest absolute Gasteiger partial charge is 0.333 e. The second-order valence-electron chi connectivity index (χ2n) is 4.54. The van der Waals surface area contributed by atoms with E-state index in [1.165, 1.54) is 0 Å². The van der Waals surface area contributed by atoms with Crippen LogP contribution in [0.5, 0.6) is 5.75 Å². The molecule has 0 saturated heterocycles. The number of H-pyrrole nitrogens is 1. The van der Waals surface area contributed by atoms with E-state index in [2.05, 4.69) is 4.98 Å². The van der Waals surface area contributed by atoms with Gasteiger partial charge in [0.2, 0.25) is 0 Å². The molecule has 0 atom stereocenters. The summed E-state index contributed by atoms with van der Waals surface area (Å²) in [6.45, 7) is 0. The zero-order valence-electron chi connectivity index (χ0n) is 11.3. The molecule has 21 heavy (non-hydrogen) atoms. The molecule has 0 unspecified atom stereocenters. The van der Waals surface area contributed by atoms with E-state index in [-0.39, 0.29) is 0 Å². The van der Waals surface area contributed by atoms with Crippen LogP contribution in [0.3, 0.4) is 0 Å². The summed E-state index contributed by atoms with van der Waals surface area (Å²) < 4.78 is 6.12. The first-order chi connectivity index (χ1) is 10.1. The van der Waals surface area contributed by atoms with Crippen molar-refractivity contribution in [2.45, 2.75) is 0 Å². The van der Waals surface area contributed by atoms with Crippen LogP contribution in [0, 0.1) is 0 Å². The van der Waals surface area contributed by atoms with E-state index in [9.17, 15) is 9.59 Å². The second kappa shape index (κ2) is 4.82. The summed E-state index contributed by atoms with van der Waals surface area (Å²) >= 11 is 0. The van der Waals surface area contributed by atoms with Crippen LogP contribution < -0.4 is 21.7 Å². The molecule has 0 radical (unpaired) electrons. The molecular formula is C15H13N3O3. The molecule has 0 spiro atoms. The van der Waals surface area contributed by atoms with Crippen molar-refractivity contribution in [3.05, 3.63) is 63.3 Å². The van der Waals surface area contributed by atoms with Crippen molar-refractivity contribution in [2.75, 3.05) is 12.8 Å². The number of nitrogens with two attached hydrogens (primary N) is 1. The van der Waals surface area contributed by atoms with Crippen LogP contribution in [0.2, 0.25) is 0 Å². The summed E-state index contributed by atoms with van der Waals surface area (Å²) in [5.41, 5.74) is 6.09. The number of anilines is 1. The Morgan fingerprint density at radius 2 is 1.81 bits per heavy atom. The first kappa shape index (κ1) is 13.0. The average Bonchev–Trinajstić information content (AvgIpc) is 2.47. The lowest BCUT2D eigenvalue weighted by molar-refractivity contribution is 0.414. The molecule has 3 N–H and O–H groups in total. The van der Waals surface area contributed by atoms with E-state index in [0.717, 1.165) is 4.57 Å². The molecule has 1 heterocycles. The highest BCUT2D eigenvalue weighted by molar-refractivity contribution is 5.89. The number of aromatic nitrogens is 2. The Labute approximate surface area is 119 Å². The largest absolute Gasteiger partial charge is 0.497 e. The number of aromatic amines is 1. The summed E-state index contributed by atoms with van der Waals surface area (Å²) in [6, 6.07) is 11.6. The lowest BCUT2D eigenvalue weighted by atomic mass is 10.2. The van der Waals surface area contributed by atoms with Crippen LogP contribution in [0.4, 0.5) is 5.69 Å². The van der Waals surface area contributed by atoms with Gasteiger partial charge in [-0.2, -0.15) is 0 Å². The number of fused-ring (bicyclic) bond motifs is 1. The average molecular weight is 283 g/mol. The summed E-state index contributed by atoms with van der Waals surface area (Å²) in [5, 5.41) is 0.299. The van der Waals surface area contributed by atoms with Gasteiger partial charge in [0.05, 0.1) is 23.7 Å². The van der Waals surface area contributed by atoms with Crippen molar-refractivity contribution in [1.82, 2.24) is 9.55 Å². The summed E-state index contributed by atoms with van der Waals surface area (Å²) in [5.74, 6) is 0.642. The number of benzene rings is 2. The third-order valence-corrected chi connectivity index (χ3v) is 3.29. The fraction of sp³-hybridized carbons (Fsp3) is 0.0667. The fourth-order valence-corrected chi connectivity index (χ4v) is 2.25. The van der Waals surface area contributed by atoms with E-state index in [1.54, 1.807) is 49.6 Å². The van der Waals surface area contributed by atoms with Gasteiger partial charge in [-0.25, -0.2) is 9.36 Å². The normalized spacial score (nSPS) is 10.7. The number of hydrogen-bond donors (Lipinski definition) is 2. The van der Waals surface area contributed by atoms with E-state index >= 15 is 0 Å². The van der Waals surface area contributed by atoms with Gasteiger partial charge >= 0.3 is 5.69 Å². The number of nitrogens with one attached hydrogen (secondary N) is 1. The molecule has 0 amide bonds. The highest BCUT2D eigenvalue weighted by Gasteiger charge is 2.11. The minimum Gasteiger partial charge on any atom is -0.497 e. The van der Waals surface area contributed by atoms with Gasteiger partial charge in [0, 0.05) is 5.69 Å². The number of nitrogens with zero attached hydrogens (tertiary/aromatic N) is 1. The molecule has 6 heteroatoms. The Hall–Kier alpha value is -3.02. The Morgan fingerprint density at radius 3 is 2.48 bits per heavy atom. The zero-order chi connectivity index (χ0) is 15.0. The van der Waals surface area contributed by atoms with Crippen molar-refractivity contribution in [1.29, 1.82) is 0 Å². The van der Waals surface area contributed by atoms with Gasteiger partial charge < -0.3 is 15.5 Å². The molecule has 1 aromatic heterocycles. The minimum atomic E-state index is -0.511. The molecule has 0 fully saturated rings. The number of rotatable bonds is 2. The molecular weight excluding hydrogens is 270 g/mol. The predicted molar refractivity (Wildman–Crippen MR) is 81.1 cm³/mol. The van der Waals surface area contributed by atoms with Crippen molar-refractivity contribution in [3.63, 3.8) is 0 Å². The number of methoxy groups -OCH3 is 1. The van der Waals surface area contributed by atoms with E-state index < -0.39 is 11.2 Å². The van der Waals surface area contributed by atoms with Crippen molar-refractivity contribution in [2.24, 2.45) is 0 Å². The standard InChI is InChI=1S/C15H13N3O3/c1-21-10-7-5-9(6-8-10)18-14(19)13-11(16)3-2-4-12(13)17-15(18)20/h2-8H,16H2,1H3,(H,17,20). The first-order valence-corrected chi connectivity index (χ1v) is 6.30. The fourth-order valence-electron chi connectivity index (χ4n) is 2.25. The lowest BCUT2D eigenvalue weighted by Crippen LogP contribution is -2.33. The van der Waals surface area contributed by atoms with Crippen LogP contribution in [-0.2, 0) is 0 Å². The van der Waals surface area contributed by atoms with Gasteiger partial charge in [-0.15, -0.1) is 0 Å². The number of nitrogen functional groups attached to an aromatic ring is 1.